The second-order valence-electron chi connectivity index (χ2n) is 9.25. The minimum atomic E-state index is -2.01. The molecule has 0 radical (unpaired) electrons. The molecule has 0 fully saturated rings. The van der Waals surface area contributed by atoms with E-state index >= 15 is 0 Å². The lowest BCUT2D eigenvalue weighted by molar-refractivity contribution is -0.384. The van der Waals surface area contributed by atoms with Crippen LogP contribution in [0, 0.1) is 21.6 Å². The highest BCUT2D eigenvalue weighted by atomic mass is 32.2. The van der Waals surface area contributed by atoms with Gasteiger partial charge in [0.05, 0.1) is 16.0 Å². The van der Waals surface area contributed by atoms with Crippen molar-refractivity contribution >= 4 is 36.6 Å². The van der Waals surface area contributed by atoms with Crippen LogP contribution in [0.15, 0.2) is 46.5 Å². The molecule has 3 aromatic rings. The SMILES string of the molecule is CSc1ncc2c(C#C[Si](C(C)C)(C(C)C)C(C)C)cc(=O)n(-c3ccc([N+](=O)[O-])cc3)c2n1. The van der Waals surface area contributed by atoms with Crippen LogP contribution in [0.2, 0.25) is 16.6 Å². The zero-order valence-corrected chi connectivity index (χ0v) is 22.4. The van der Waals surface area contributed by atoms with E-state index in [1.54, 1.807) is 18.3 Å². The van der Waals surface area contributed by atoms with Gasteiger partial charge in [0, 0.05) is 30.0 Å². The first-order valence-corrected chi connectivity index (χ1v) is 14.7. The number of hydrogen-bond donors (Lipinski definition) is 0. The molecule has 2 aromatic heterocycles. The van der Waals surface area contributed by atoms with Gasteiger partial charge in [-0.15, -0.1) is 5.54 Å². The summed E-state index contributed by atoms with van der Waals surface area (Å²) in [6.07, 6.45) is 3.58. The lowest BCUT2D eigenvalue weighted by atomic mass is 10.2. The zero-order chi connectivity index (χ0) is 25.2. The van der Waals surface area contributed by atoms with Crippen molar-refractivity contribution in [3.05, 3.63) is 62.6 Å². The number of rotatable bonds is 6. The van der Waals surface area contributed by atoms with E-state index in [4.69, 9.17) is 0 Å². The Balaban J connectivity index is 2.31. The molecule has 0 aliphatic heterocycles. The largest absolute Gasteiger partial charge is 0.269 e. The summed E-state index contributed by atoms with van der Waals surface area (Å²) < 4.78 is 1.46. The molecule has 0 saturated carbocycles. The van der Waals surface area contributed by atoms with Crippen LogP contribution in [-0.4, -0.2) is 33.8 Å². The number of fused-ring (bicyclic) bond motifs is 1. The highest BCUT2D eigenvalue weighted by Gasteiger charge is 2.41. The number of aromatic nitrogens is 3. The van der Waals surface area contributed by atoms with Gasteiger partial charge in [-0.1, -0.05) is 59.2 Å². The van der Waals surface area contributed by atoms with E-state index in [-0.39, 0.29) is 11.2 Å². The average molecular weight is 495 g/mol. The Morgan fingerprint density at radius 3 is 2.15 bits per heavy atom. The molecule has 2 heterocycles. The first kappa shape index (κ1) is 25.7. The van der Waals surface area contributed by atoms with Crippen LogP contribution >= 0.6 is 11.8 Å². The van der Waals surface area contributed by atoms with Gasteiger partial charge in [-0.3, -0.25) is 19.5 Å². The van der Waals surface area contributed by atoms with Crippen molar-refractivity contribution in [2.24, 2.45) is 0 Å². The van der Waals surface area contributed by atoms with Crippen molar-refractivity contribution in [3.8, 4) is 17.2 Å². The van der Waals surface area contributed by atoms with Crippen molar-refractivity contribution in [1.82, 2.24) is 14.5 Å². The molecule has 34 heavy (non-hydrogen) atoms. The Morgan fingerprint density at radius 1 is 1.06 bits per heavy atom. The van der Waals surface area contributed by atoms with Crippen LogP contribution < -0.4 is 5.56 Å². The summed E-state index contributed by atoms with van der Waals surface area (Å²) >= 11 is 1.38. The number of benzene rings is 1. The Hall–Kier alpha value is -2.96. The molecule has 1 aromatic carbocycles. The molecule has 0 aliphatic carbocycles. The minimum absolute atomic E-state index is 0.0413. The topological polar surface area (TPSA) is 90.9 Å². The van der Waals surface area contributed by atoms with Gasteiger partial charge < -0.3 is 0 Å². The van der Waals surface area contributed by atoms with Gasteiger partial charge in [0.15, 0.2) is 10.8 Å². The second-order valence-corrected chi connectivity index (χ2v) is 15.6. The third-order valence-electron chi connectivity index (χ3n) is 6.52. The van der Waals surface area contributed by atoms with Gasteiger partial charge >= 0.3 is 0 Å². The van der Waals surface area contributed by atoms with Crippen molar-refractivity contribution in [2.45, 2.75) is 63.3 Å². The van der Waals surface area contributed by atoms with E-state index in [9.17, 15) is 14.9 Å². The number of nitro groups is 1. The van der Waals surface area contributed by atoms with E-state index in [0.717, 1.165) is 0 Å². The van der Waals surface area contributed by atoms with Crippen molar-refractivity contribution < 1.29 is 4.92 Å². The van der Waals surface area contributed by atoms with Crippen molar-refractivity contribution in [3.63, 3.8) is 0 Å². The Morgan fingerprint density at radius 2 is 1.65 bits per heavy atom. The van der Waals surface area contributed by atoms with Crippen molar-refractivity contribution in [2.75, 3.05) is 6.26 Å². The van der Waals surface area contributed by atoms with Gasteiger partial charge in [0.2, 0.25) is 0 Å². The number of hydrogen-bond acceptors (Lipinski definition) is 6. The predicted octanol–water partition coefficient (Wildman–Crippen LogP) is 5.98. The smallest absolute Gasteiger partial charge is 0.269 e. The van der Waals surface area contributed by atoms with Crippen LogP contribution in [-0.2, 0) is 0 Å². The molecule has 0 unspecified atom stereocenters. The first-order chi connectivity index (χ1) is 16.0. The molecule has 9 heteroatoms. The maximum Gasteiger partial charge on any atom is 0.269 e. The first-order valence-electron chi connectivity index (χ1n) is 11.3. The van der Waals surface area contributed by atoms with Crippen LogP contribution in [0.5, 0.6) is 0 Å². The monoisotopic (exact) mass is 494 g/mol. The maximum absolute atomic E-state index is 13.3. The molecule has 0 atom stereocenters. The fourth-order valence-electron chi connectivity index (χ4n) is 4.87. The van der Waals surface area contributed by atoms with Gasteiger partial charge in [0.25, 0.3) is 11.2 Å². The Labute approximate surface area is 205 Å². The minimum Gasteiger partial charge on any atom is -0.269 e. The molecule has 0 spiro atoms. The summed E-state index contributed by atoms with van der Waals surface area (Å²) in [7, 11) is -2.01. The van der Waals surface area contributed by atoms with Gasteiger partial charge in [-0.2, -0.15) is 0 Å². The third kappa shape index (κ3) is 4.65. The maximum atomic E-state index is 13.3. The third-order valence-corrected chi connectivity index (χ3v) is 13.4. The lowest BCUT2D eigenvalue weighted by Crippen LogP contribution is -2.43. The van der Waals surface area contributed by atoms with Crippen LogP contribution in [0.3, 0.4) is 0 Å². The van der Waals surface area contributed by atoms with Crippen LogP contribution in [0.4, 0.5) is 5.69 Å². The number of non-ortho nitro benzene ring substituents is 1. The molecular formula is C25H30N4O3SSi. The summed E-state index contributed by atoms with van der Waals surface area (Å²) in [6.45, 7) is 13.5. The summed E-state index contributed by atoms with van der Waals surface area (Å²) in [5.41, 5.74) is 6.30. The summed E-state index contributed by atoms with van der Waals surface area (Å²) in [4.78, 5) is 32.9. The quantitative estimate of drug-likeness (QED) is 0.105. The normalized spacial score (nSPS) is 11.8. The molecule has 0 saturated heterocycles. The lowest BCUT2D eigenvalue weighted by Gasteiger charge is -2.38. The van der Waals surface area contributed by atoms with E-state index in [1.807, 2.05) is 6.26 Å². The predicted molar refractivity (Wildman–Crippen MR) is 141 cm³/mol. The zero-order valence-electron chi connectivity index (χ0n) is 20.6. The number of thioether (sulfide) groups is 1. The fraction of sp³-hybridized carbons (Fsp3) is 0.400. The molecule has 178 valence electrons. The standard InChI is InChI=1S/C25H30N4O3SSi/c1-16(2)34(17(3)4,18(5)6)13-12-19-14-23(30)28(20-8-10-21(11-9-20)29(31)32)24-22(19)15-26-25(27-24)33-7/h8-11,14-18H,1-7H3. The number of nitro benzene ring substituents is 1. The highest BCUT2D eigenvalue weighted by molar-refractivity contribution is 7.98. The van der Waals surface area contributed by atoms with E-state index in [2.05, 4.69) is 63.0 Å². The van der Waals surface area contributed by atoms with Gasteiger partial charge in [0.1, 0.15) is 8.07 Å². The van der Waals surface area contributed by atoms with Crippen molar-refractivity contribution in [1.29, 1.82) is 0 Å². The second kappa shape index (κ2) is 10.1. The summed E-state index contributed by atoms with van der Waals surface area (Å²) in [5, 5.41) is 12.3. The Bertz CT molecular complexity index is 1320. The van der Waals surface area contributed by atoms with Gasteiger partial charge in [-0.25, -0.2) is 9.97 Å². The molecule has 0 N–H and O–H groups in total. The number of nitrogens with zero attached hydrogens (tertiary/aromatic N) is 4. The molecule has 7 nitrogen and oxygen atoms in total. The van der Waals surface area contributed by atoms with Crippen LogP contribution in [0.1, 0.15) is 47.1 Å². The van der Waals surface area contributed by atoms with E-state index < -0.39 is 13.0 Å². The summed E-state index contributed by atoms with van der Waals surface area (Å²) in [5.74, 6) is 3.38. The highest BCUT2D eigenvalue weighted by Crippen LogP contribution is 2.40. The molecule has 0 bridgehead atoms. The van der Waals surface area contributed by atoms with E-state index in [0.29, 0.717) is 44.1 Å². The van der Waals surface area contributed by atoms with Crippen LogP contribution in [0.25, 0.3) is 16.7 Å². The molecule has 0 aliphatic rings. The fourth-order valence-corrected chi connectivity index (χ4v) is 10.4. The number of pyridine rings is 1. The summed E-state index contributed by atoms with van der Waals surface area (Å²) in [6, 6.07) is 7.40. The molecule has 3 rings (SSSR count). The Kier molecular flexibility index (Phi) is 7.63. The molecular weight excluding hydrogens is 464 g/mol. The van der Waals surface area contributed by atoms with E-state index in [1.165, 1.54) is 34.5 Å². The molecule has 0 amide bonds. The average Bonchev–Trinajstić information content (AvgIpc) is 2.78. The van der Waals surface area contributed by atoms with Gasteiger partial charge in [-0.05, 0) is 35.0 Å².